The molecule has 3 aromatic rings. The number of rotatable bonds is 17. The molecule has 0 aliphatic carbocycles. The van der Waals surface area contributed by atoms with Crippen molar-refractivity contribution in [3.05, 3.63) is 72.3 Å². The van der Waals surface area contributed by atoms with Gasteiger partial charge in [-0.25, -0.2) is 8.42 Å². The van der Waals surface area contributed by atoms with E-state index < -0.39 is 28.5 Å². The number of benzene rings is 3. The Bertz CT molecular complexity index is 1530. The molecule has 1 N–H and O–H groups in total. The number of carbonyl (C=O) groups excluding carboxylic acids is 2. The molecule has 45 heavy (non-hydrogen) atoms. The molecule has 0 bridgehead atoms. The fraction of sp³-hybridized carbons (Fsp3) is 0.394. The van der Waals surface area contributed by atoms with Gasteiger partial charge in [0.1, 0.15) is 24.1 Å². The van der Waals surface area contributed by atoms with Crippen LogP contribution in [0.25, 0.3) is 0 Å². The SMILES string of the molecule is CCCCNC(=O)[C@H](CC)N(Cc1ccccc1)C(=O)CN(c1cc(OC)ccc1OC)S(=O)(=O)c1ccc(OC)c(OC)c1. The highest BCUT2D eigenvalue weighted by Gasteiger charge is 2.35. The van der Waals surface area contributed by atoms with Crippen LogP contribution in [0.2, 0.25) is 0 Å². The molecule has 12 heteroatoms. The zero-order valence-corrected chi connectivity index (χ0v) is 27.6. The Morgan fingerprint density at radius 1 is 0.822 bits per heavy atom. The fourth-order valence-electron chi connectivity index (χ4n) is 4.82. The van der Waals surface area contributed by atoms with Crippen LogP contribution in [0.5, 0.6) is 23.0 Å². The van der Waals surface area contributed by atoms with E-state index in [0.29, 0.717) is 24.5 Å². The van der Waals surface area contributed by atoms with Crippen molar-refractivity contribution in [3.63, 3.8) is 0 Å². The lowest BCUT2D eigenvalue weighted by molar-refractivity contribution is -0.140. The lowest BCUT2D eigenvalue weighted by Gasteiger charge is -2.33. The lowest BCUT2D eigenvalue weighted by atomic mass is 10.1. The minimum absolute atomic E-state index is 0.0834. The van der Waals surface area contributed by atoms with Crippen LogP contribution in [0.3, 0.4) is 0 Å². The number of carbonyl (C=O) groups is 2. The van der Waals surface area contributed by atoms with Gasteiger partial charge in [0, 0.05) is 25.2 Å². The van der Waals surface area contributed by atoms with Gasteiger partial charge in [0.2, 0.25) is 11.8 Å². The molecule has 0 aliphatic heterocycles. The second-order valence-electron chi connectivity index (χ2n) is 10.1. The van der Waals surface area contributed by atoms with E-state index in [0.717, 1.165) is 22.7 Å². The van der Waals surface area contributed by atoms with Gasteiger partial charge in [-0.05, 0) is 42.7 Å². The van der Waals surface area contributed by atoms with Gasteiger partial charge in [0.05, 0.1) is 39.0 Å². The number of methoxy groups -OCH3 is 4. The predicted octanol–water partition coefficient (Wildman–Crippen LogP) is 4.64. The Kier molecular flexibility index (Phi) is 12.9. The lowest BCUT2D eigenvalue weighted by Crippen LogP contribution is -2.52. The van der Waals surface area contributed by atoms with Gasteiger partial charge in [-0.1, -0.05) is 50.6 Å². The van der Waals surface area contributed by atoms with E-state index >= 15 is 0 Å². The fourth-order valence-corrected chi connectivity index (χ4v) is 6.25. The summed E-state index contributed by atoms with van der Waals surface area (Å²) in [5.41, 5.74) is 0.874. The maximum absolute atomic E-state index is 14.4. The van der Waals surface area contributed by atoms with Crippen LogP contribution in [0, 0.1) is 0 Å². The van der Waals surface area contributed by atoms with Crippen molar-refractivity contribution >= 4 is 27.5 Å². The Morgan fingerprint density at radius 2 is 1.49 bits per heavy atom. The van der Waals surface area contributed by atoms with E-state index in [1.54, 1.807) is 12.1 Å². The van der Waals surface area contributed by atoms with Crippen LogP contribution in [0.1, 0.15) is 38.7 Å². The van der Waals surface area contributed by atoms with Crippen LogP contribution in [-0.2, 0) is 26.2 Å². The molecule has 0 fully saturated rings. The third-order valence-corrected chi connectivity index (χ3v) is 9.04. The molecule has 11 nitrogen and oxygen atoms in total. The molecular weight excluding hydrogens is 598 g/mol. The van der Waals surface area contributed by atoms with Crippen LogP contribution in [0.15, 0.2) is 71.6 Å². The number of hydrogen-bond donors (Lipinski definition) is 1. The molecule has 2 amide bonds. The molecule has 0 saturated heterocycles. The number of sulfonamides is 1. The first kappa shape index (κ1) is 35.0. The van der Waals surface area contributed by atoms with E-state index in [1.165, 1.54) is 57.6 Å². The van der Waals surface area contributed by atoms with Gasteiger partial charge in [-0.15, -0.1) is 0 Å². The first-order chi connectivity index (χ1) is 21.6. The number of amides is 2. The zero-order valence-electron chi connectivity index (χ0n) is 26.7. The molecule has 0 spiro atoms. The predicted molar refractivity (Wildman–Crippen MR) is 173 cm³/mol. The number of nitrogens with one attached hydrogen (secondary N) is 1. The Morgan fingerprint density at radius 3 is 2.09 bits per heavy atom. The number of nitrogens with zero attached hydrogens (tertiary/aromatic N) is 2. The van der Waals surface area contributed by atoms with Crippen molar-refractivity contribution in [3.8, 4) is 23.0 Å². The van der Waals surface area contributed by atoms with Crippen molar-refractivity contribution in [2.24, 2.45) is 0 Å². The number of ether oxygens (including phenoxy) is 4. The van der Waals surface area contributed by atoms with Gasteiger partial charge < -0.3 is 29.2 Å². The molecule has 244 valence electrons. The Balaban J connectivity index is 2.16. The van der Waals surface area contributed by atoms with E-state index in [-0.39, 0.29) is 34.5 Å². The second-order valence-corrected chi connectivity index (χ2v) is 12.0. The average Bonchev–Trinajstić information content (AvgIpc) is 3.06. The summed E-state index contributed by atoms with van der Waals surface area (Å²) in [4.78, 5) is 29.0. The van der Waals surface area contributed by atoms with E-state index in [1.807, 2.05) is 44.2 Å². The van der Waals surface area contributed by atoms with Crippen LogP contribution in [-0.4, -0.2) is 72.7 Å². The molecule has 1 atom stereocenters. The summed E-state index contributed by atoms with van der Waals surface area (Å²) in [5, 5.41) is 2.93. The first-order valence-corrected chi connectivity index (χ1v) is 16.2. The van der Waals surface area contributed by atoms with Crippen molar-refractivity contribution in [2.45, 2.75) is 50.6 Å². The van der Waals surface area contributed by atoms with Crippen LogP contribution in [0.4, 0.5) is 5.69 Å². The number of anilines is 1. The second kappa shape index (κ2) is 16.6. The molecule has 0 saturated carbocycles. The largest absolute Gasteiger partial charge is 0.497 e. The number of unbranched alkanes of at least 4 members (excludes halogenated alkanes) is 1. The standard InChI is InChI=1S/C33H43N3O8S/c1-7-9-19-34-33(38)27(8-2)35(22-24-13-11-10-12-14-24)32(37)23-36(28-20-25(41-3)15-17-29(28)42-4)45(39,40)26-16-18-30(43-5)31(21-26)44-6/h10-18,20-21,27H,7-9,19,22-23H2,1-6H3,(H,34,38)/t27-/m0/s1. The molecule has 0 heterocycles. The smallest absolute Gasteiger partial charge is 0.265 e. The molecule has 0 unspecified atom stereocenters. The molecule has 0 aliphatic rings. The van der Waals surface area contributed by atoms with Crippen molar-refractivity contribution in [2.75, 3.05) is 45.8 Å². The van der Waals surface area contributed by atoms with E-state index in [9.17, 15) is 18.0 Å². The molecular formula is C33H43N3O8S. The van der Waals surface area contributed by atoms with Crippen LogP contribution < -0.4 is 28.6 Å². The van der Waals surface area contributed by atoms with E-state index in [4.69, 9.17) is 18.9 Å². The summed E-state index contributed by atoms with van der Waals surface area (Å²) in [6.45, 7) is 3.78. The van der Waals surface area contributed by atoms with Crippen molar-refractivity contribution in [1.82, 2.24) is 10.2 Å². The zero-order chi connectivity index (χ0) is 33.0. The summed E-state index contributed by atoms with van der Waals surface area (Å²) < 4.78 is 51.4. The minimum Gasteiger partial charge on any atom is -0.497 e. The summed E-state index contributed by atoms with van der Waals surface area (Å²) in [6, 6.07) is 17.3. The quantitative estimate of drug-likeness (QED) is 0.212. The maximum atomic E-state index is 14.4. The number of hydrogen-bond acceptors (Lipinski definition) is 8. The average molecular weight is 642 g/mol. The van der Waals surface area contributed by atoms with Crippen molar-refractivity contribution < 1.29 is 37.0 Å². The summed E-state index contributed by atoms with van der Waals surface area (Å²) in [5.74, 6) is 0.212. The molecule has 3 rings (SSSR count). The summed E-state index contributed by atoms with van der Waals surface area (Å²) in [6.07, 6.45) is 2.01. The molecule has 0 aromatic heterocycles. The van der Waals surface area contributed by atoms with Gasteiger partial charge >= 0.3 is 0 Å². The normalized spacial score (nSPS) is 11.7. The topological polar surface area (TPSA) is 124 Å². The van der Waals surface area contributed by atoms with E-state index in [2.05, 4.69) is 5.32 Å². The first-order valence-electron chi connectivity index (χ1n) is 14.7. The van der Waals surface area contributed by atoms with Crippen molar-refractivity contribution in [1.29, 1.82) is 0 Å². The monoisotopic (exact) mass is 641 g/mol. The Hall–Kier alpha value is -4.45. The maximum Gasteiger partial charge on any atom is 0.265 e. The van der Waals surface area contributed by atoms with Gasteiger partial charge in [0.25, 0.3) is 10.0 Å². The highest BCUT2D eigenvalue weighted by atomic mass is 32.2. The summed E-state index contributed by atoms with van der Waals surface area (Å²) >= 11 is 0. The van der Waals surface area contributed by atoms with Gasteiger partial charge in [0.15, 0.2) is 11.5 Å². The van der Waals surface area contributed by atoms with Crippen LogP contribution >= 0.6 is 0 Å². The summed E-state index contributed by atoms with van der Waals surface area (Å²) in [7, 11) is 1.28. The Labute approximate surface area is 266 Å². The highest BCUT2D eigenvalue weighted by molar-refractivity contribution is 7.92. The van der Waals surface area contributed by atoms with Gasteiger partial charge in [-0.2, -0.15) is 0 Å². The third kappa shape index (κ3) is 8.59. The highest BCUT2D eigenvalue weighted by Crippen LogP contribution is 2.37. The minimum atomic E-state index is -4.43. The third-order valence-electron chi connectivity index (χ3n) is 7.29. The molecule has 0 radical (unpaired) electrons. The van der Waals surface area contributed by atoms with Gasteiger partial charge in [-0.3, -0.25) is 13.9 Å². The molecule has 3 aromatic carbocycles.